The fraction of sp³-hybridized carbons (Fsp3) is 0.381. The lowest BCUT2D eigenvalue weighted by molar-refractivity contribution is 0.0462. The maximum atomic E-state index is 12.5. The van der Waals surface area contributed by atoms with Gasteiger partial charge in [0.1, 0.15) is 10.6 Å². The monoisotopic (exact) mass is 460 g/mol. The fourth-order valence-electron chi connectivity index (χ4n) is 3.75. The summed E-state index contributed by atoms with van der Waals surface area (Å²) in [6.07, 6.45) is 5.55. The van der Waals surface area contributed by atoms with Crippen LogP contribution in [0, 0.1) is 0 Å². The van der Waals surface area contributed by atoms with Gasteiger partial charge in [0.25, 0.3) is 0 Å². The maximum Gasteiger partial charge on any atom is 0.338 e. The van der Waals surface area contributed by atoms with Gasteiger partial charge in [-0.05, 0) is 49.4 Å². The first-order valence-corrected chi connectivity index (χ1v) is 12.5. The predicted molar refractivity (Wildman–Crippen MR) is 120 cm³/mol. The van der Waals surface area contributed by atoms with E-state index in [2.05, 4.69) is 14.7 Å². The zero-order valence-corrected chi connectivity index (χ0v) is 18.8. The Morgan fingerprint density at radius 3 is 2.84 bits per heavy atom. The summed E-state index contributed by atoms with van der Waals surface area (Å²) in [5.74, 6) is 0.0816. The Morgan fingerprint density at radius 1 is 1.23 bits per heavy atom. The molecule has 0 saturated heterocycles. The van der Waals surface area contributed by atoms with Crippen molar-refractivity contribution in [1.82, 2.24) is 14.7 Å². The molecule has 1 aliphatic rings. The number of carbonyl (C=O) groups is 1. The molecule has 0 radical (unpaired) electrons. The molecule has 8 nitrogen and oxygen atoms in total. The molecule has 1 aromatic carbocycles. The van der Waals surface area contributed by atoms with Crippen LogP contribution in [0.2, 0.25) is 0 Å². The zero-order chi connectivity index (χ0) is 22.0. The lowest BCUT2D eigenvalue weighted by Crippen LogP contribution is -2.23. The smallest absolute Gasteiger partial charge is 0.338 e. The summed E-state index contributed by atoms with van der Waals surface area (Å²) in [6.45, 7) is 1.79. The molecule has 3 N–H and O–H groups in total. The van der Waals surface area contributed by atoms with Crippen molar-refractivity contribution in [2.24, 2.45) is 0 Å². The molecule has 0 spiro atoms. The number of nitrogens with zero attached hydrogens (tertiary/aromatic N) is 2. The summed E-state index contributed by atoms with van der Waals surface area (Å²) < 4.78 is 32.0. The molecule has 1 aliphatic carbocycles. The number of thiophene rings is 1. The molecule has 0 aliphatic heterocycles. The Bertz CT molecular complexity index is 1240. The second-order valence-corrected chi connectivity index (χ2v) is 10.2. The number of benzene rings is 1. The fourth-order valence-corrected chi connectivity index (χ4v) is 6.12. The van der Waals surface area contributed by atoms with E-state index in [4.69, 9.17) is 10.5 Å². The van der Waals surface area contributed by atoms with Gasteiger partial charge in [0, 0.05) is 11.4 Å². The van der Waals surface area contributed by atoms with Crippen molar-refractivity contribution in [2.45, 2.75) is 50.5 Å². The summed E-state index contributed by atoms with van der Waals surface area (Å²) in [7, 11) is -3.67. The topological polar surface area (TPSA) is 124 Å². The second-order valence-electron chi connectivity index (χ2n) is 7.37. The van der Waals surface area contributed by atoms with Gasteiger partial charge in [0.15, 0.2) is 12.4 Å². The third kappa shape index (κ3) is 4.56. The summed E-state index contributed by atoms with van der Waals surface area (Å²) >= 11 is 1.64. The van der Waals surface area contributed by atoms with Crippen LogP contribution in [-0.2, 0) is 34.2 Å². The number of hydrogen-bond acceptors (Lipinski definition) is 8. The molecule has 2 heterocycles. The van der Waals surface area contributed by atoms with E-state index in [0.717, 1.165) is 29.5 Å². The van der Waals surface area contributed by atoms with Crippen molar-refractivity contribution < 1.29 is 17.9 Å². The lowest BCUT2D eigenvalue weighted by atomic mass is 10.1. The van der Waals surface area contributed by atoms with Crippen LogP contribution < -0.4 is 10.5 Å². The molecule has 164 valence electrons. The molecule has 0 fully saturated rings. The number of anilines is 1. The zero-order valence-electron chi connectivity index (χ0n) is 17.2. The van der Waals surface area contributed by atoms with E-state index in [0.29, 0.717) is 11.6 Å². The molecule has 31 heavy (non-hydrogen) atoms. The molecule has 3 aromatic rings. The number of fused-ring (bicyclic) bond motifs is 3. The van der Waals surface area contributed by atoms with E-state index in [1.165, 1.54) is 47.5 Å². The Morgan fingerprint density at radius 2 is 2.03 bits per heavy atom. The summed E-state index contributed by atoms with van der Waals surface area (Å²) in [5.41, 5.74) is 7.63. The normalized spacial score (nSPS) is 14.2. The first-order valence-electron chi connectivity index (χ1n) is 10.2. The molecule has 4 rings (SSSR count). The second kappa shape index (κ2) is 8.89. The van der Waals surface area contributed by atoms with Crippen LogP contribution >= 0.6 is 11.3 Å². The van der Waals surface area contributed by atoms with Gasteiger partial charge in [-0.2, -0.15) is 0 Å². The van der Waals surface area contributed by atoms with E-state index in [9.17, 15) is 13.2 Å². The van der Waals surface area contributed by atoms with Crippen molar-refractivity contribution in [3.8, 4) is 0 Å². The van der Waals surface area contributed by atoms with Gasteiger partial charge in [-0.3, -0.25) is 0 Å². The molecule has 2 aromatic heterocycles. The highest BCUT2D eigenvalue weighted by Crippen LogP contribution is 2.37. The summed E-state index contributed by atoms with van der Waals surface area (Å²) in [5, 5.41) is 0.929. The average Bonchev–Trinajstić information content (AvgIpc) is 2.94. The van der Waals surface area contributed by atoms with E-state index >= 15 is 0 Å². The minimum atomic E-state index is -3.67. The number of nitrogens with one attached hydrogen (secondary N) is 1. The minimum Gasteiger partial charge on any atom is -0.454 e. The molecule has 0 saturated carbocycles. The SMILES string of the molecule is CCNS(=O)(=O)c1cccc(C(=O)OCc2nc(N)c3c4c(sc3n2)CCCCC4)c1. The molecule has 0 atom stereocenters. The highest BCUT2D eigenvalue weighted by molar-refractivity contribution is 7.89. The van der Waals surface area contributed by atoms with E-state index < -0.39 is 16.0 Å². The quantitative estimate of drug-likeness (QED) is 0.427. The van der Waals surface area contributed by atoms with Crippen LogP contribution in [0.25, 0.3) is 10.2 Å². The van der Waals surface area contributed by atoms with E-state index in [-0.39, 0.29) is 23.6 Å². The van der Waals surface area contributed by atoms with E-state index in [1.54, 1.807) is 18.3 Å². The van der Waals surface area contributed by atoms with Gasteiger partial charge < -0.3 is 10.5 Å². The lowest BCUT2D eigenvalue weighted by Gasteiger charge is -2.08. The van der Waals surface area contributed by atoms with Crippen LogP contribution in [0.1, 0.15) is 52.8 Å². The number of carbonyl (C=O) groups excluding carboxylic acids is 1. The number of esters is 1. The Hall–Kier alpha value is -2.56. The maximum absolute atomic E-state index is 12.5. The summed E-state index contributed by atoms with van der Waals surface area (Å²) in [4.78, 5) is 23.5. The van der Waals surface area contributed by atoms with Crippen LogP contribution in [0.15, 0.2) is 29.2 Å². The highest BCUT2D eigenvalue weighted by atomic mass is 32.2. The molecule has 0 amide bonds. The summed E-state index contributed by atoms with van der Waals surface area (Å²) in [6, 6.07) is 5.71. The van der Waals surface area contributed by atoms with Crippen molar-refractivity contribution in [1.29, 1.82) is 0 Å². The van der Waals surface area contributed by atoms with Gasteiger partial charge in [-0.15, -0.1) is 11.3 Å². The van der Waals surface area contributed by atoms with Crippen molar-refractivity contribution >= 4 is 43.4 Å². The number of rotatable bonds is 6. The third-order valence-corrected chi connectivity index (χ3v) is 7.91. The number of hydrogen-bond donors (Lipinski definition) is 2. The van der Waals surface area contributed by atoms with Gasteiger partial charge >= 0.3 is 5.97 Å². The number of nitrogens with two attached hydrogens (primary N) is 1. The van der Waals surface area contributed by atoms with Crippen molar-refractivity contribution in [2.75, 3.05) is 12.3 Å². The van der Waals surface area contributed by atoms with Crippen LogP contribution in [0.4, 0.5) is 5.82 Å². The molecular formula is C21H24N4O4S2. The molecule has 0 unspecified atom stereocenters. The number of ether oxygens (including phenoxy) is 1. The standard InChI is InChI=1S/C21H24N4O4S2/c1-2-23-31(27,28)14-8-6-7-13(11-14)21(26)29-12-17-24-19(22)18-15-9-4-3-5-10-16(15)30-20(18)25-17/h6-8,11,23H,2-5,9-10,12H2,1H3,(H2,22,24,25). The van der Waals surface area contributed by atoms with Crippen LogP contribution in [-0.4, -0.2) is 30.9 Å². The molecular weight excluding hydrogens is 436 g/mol. The average molecular weight is 461 g/mol. The third-order valence-electron chi connectivity index (χ3n) is 5.19. The highest BCUT2D eigenvalue weighted by Gasteiger charge is 2.20. The minimum absolute atomic E-state index is 0.00537. The predicted octanol–water partition coefficient (Wildman–Crippen LogP) is 3.20. The number of aromatic nitrogens is 2. The largest absolute Gasteiger partial charge is 0.454 e. The first-order chi connectivity index (χ1) is 14.9. The Labute approximate surface area is 184 Å². The molecule has 0 bridgehead atoms. The van der Waals surface area contributed by atoms with Gasteiger partial charge in [0.05, 0.1) is 15.8 Å². The van der Waals surface area contributed by atoms with Gasteiger partial charge in [-0.25, -0.2) is 27.9 Å². The number of aryl methyl sites for hydroxylation is 2. The Kier molecular flexibility index (Phi) is 6.22. The Balaban J connectivity index is 1.52. The van der Waals surface area contributed by atoms with Crippen LogP contribution in [0.5, 0.6) is 0 Å². The van der Waals surface area contributed by atoms with Gasteiger partial charge in [0.2, 0.25) is 10.0 Å². The van der Waals surface area contributed by atoms with Crippen LogP contribution in [0.3, 0.4) is 0 Å². The number of nitrogen functional groups attached to an aromatic ring is 1. The number of sulfonamides is 1. The van der Waals surface area contributed by atoms with Crippen molar-refractivity contribution in [3.63, 3.8) is 0 Å². The first kappa shape index (κ1) is 21.7. The van der Waals surface area contributed by atoms with Crippen molar-refractivity contribution in [3.05, 3.63) is 46.1 Å². The van der Waals surface area contributed by atoms with E-state index in [1.807, 2.05) is 0 Å². The van der Waals surface area contributed by atoms with Gasteiger partial charge in [-0.1, -0.05) is 19.4 Å². The molecule has 10 heteroatoms.